The minimum Gasteiger partial charge on any atom is -0.319 e. The van der Waals surface area contributed by atoms with E-state index in [1.807, 2.05) is 0 Å². The fourth-order valence-electron chi connectivity index (χ4n) is 3.76. The monoisotopic (exact) mass is 210 g/mol. The Kier molecular flexibility index (Phi) is 2.85. The van der Waals surface area contributed by atoms with E-state index >= 15 is 0 Å². The zero-order valence-corrected chi connectivity index (χ0v) is 10.8. The maximum atomic E-state index is 3.42. The van der Waals surface area contributed by atoms with Crippen molar-refractivity contribution in [2.24, 2.45) is 16.7 Å². The first-order chi connectivity index (χ1) is 7.02. The minimum absolute atomic E-state index is 0.580. The van der Waals surface area contributed by atoms with Gasteiger partial charge in [0.1, 0.15) is 0 Å². The van der Waals surface area contributed by atoms with Crippen LogP contribution in [0, 0.1) is 16.7 Å². The Morgan fingerprint density at radius 2 is 1.80 bits per heavy atom. The van der Waals surface area contributed by atoms with Crippen LogP contribution in [-0.4, -0.2) is 38.6 Å². The summed E-state index contributed by atoms with van der Waals surface area (Å²) in [6.07, 6.45) is 4.23. The van der Waals surface area contributed by atoms with Gasteiger partial charge in [0, 0.05) is 6.54 Å². The summed E-state index contributed by atoms with van der Waals surface area (Å²) in [6.45, 7) is 8.71. The fourth-order valence-corrected chi connectivity index (χ4v) is 3.76. The van der Waals surface area contributed by atoms with E-state index in [0.29, 0.717) is 10.8 Å². The van der Waals surface area contributed by atoms with Crippen molar-refractivity contribution in [2.75, 3.05) is 33.7 Å². The molecule has 0 spiro atoms. The van der Waals surface area contributed by atoms with E-state index < -0.39 is 0 Å². The molecule has 15 heavy (non-hydrogen) atoms. The van der Waals surface area contributed by atoms with Gasteiger partial charge in [0.25, 0.3) is 0 Å². The second-order valence-corrected chi connectivity index (χ2v) is 6.32. The van der Waals surface area contributed by atoms with Crippen molar-refractivity contribution in [3.63, 3.8) is 0 Å². The number of nitrogens with zero attached hydrogens (tertiary/aromatic N) is 1. The molecule has 0 aromatic heterocycles. The number of nitrogens with one attached hydrogen (secondary N) is 1. The normalized spacial score (nSPS) is 36.8. The van der Waals surface area contributed by atoms with Crippen molar-refractivity contribution in [3.8, 4) is 0 Å². The predicted molar refractivity (Wildman–Crippen MR) is 65.0 cm³/mol. The molecule has 2 aliphatic rings. The summed E-state index contributed by atoms with van der Waals surface area (Å²) in [4.78, 5) is 2.47. The van der Waals surface area contributed by atoms with E-state index in [0.717, 1.165) is 5.92 Å². The van der Waals surface area contributed by atoms with Gasteiger partial charge in [-0.3, -0.25) is 0 Å². The van der Waals surface area contributed by atoms with Crippen molar-refractivity contribution in [1.82, 2.24) is 10.2 Å². The number of piperidine rings is 1. The molecule has 1 aliphatic carbocycles. The summed E-state index contributed by atoms with van der Waals surface area (Å²) in [5.74, 6) is 0.955. The summed E-state index contributed by atoms with van der Waals surface area (Å²) < 4.78 is 0. The zero-order chi connectivity index (χ0) is 11.1. The summed E-state index contributed by atoms with van der Waals surface area (Å²) in [5, 5.41) is 3.42. The third-order valence-corrected chi connectivity index (χ3v) is 4.97. The molecule has 2 rings (SSSR count). The molecule has 2 fully saturated rings. The van der Waals surface area contributed by atoms with E-state index in [1.165, 1.54) is 38.9 Å². The average molecular weight is 210 g/mol. The number of rotatable bonds is 3. The van der Waals surface area contributed by atoms with Gasteiger partial charge in [-0.15, -0.1) is 0 Å². The number of hydrogen-bond acceptors (Lipinski definition) is 2. The van der Waals surface area contributed by atoms with Gasteiger partial charge in [-0.1, -0.05) is 13.8 Å². The Labute approximate surface area is 94.4 Å². The molecule has 0 bridgehead atoms. The van der Waals surface area contributed by atoms with Crippen molar-refractivity contribution < 1.29 is 0 Å². The van der Waals surface area contributed by atoms with E-state index in [1.54, 1.807) is 0 Å². The SMILES string of the molecule is CNCC1(C2CCN(C)CC2)CC1(C)C. The molecule has 1 saturated carbocycles. The highest BCUT2D eigenvalue weighted by Gasteiger charge is 2.63. The van der Waals surface area contributed by atoms with Crippen molar-refractivity contribution in [1.29, 1.82) is 0 Å². The summed E-state index contributed by atoms with van der Waals surface area (Å²) in [7, 11) is 4.35. The minimum atomic E-state index is 0.580. The van der Waals surface area contributed by atoms with E-state index in [2.05, 4.69) is 38.2 Å². The molecule has 1 N–H and O–H groups in total. The zero-order valence-electron chi connectivity index (χ0n) is 10.8. The van der Waals surface area contributed by atoms with Crippen LogP contribution < -0.4 is 5.32 Å². The summed E-state index contributed by atoms with van der Waals surface area (Å²) in [5.41, 5.74) is 1.19. The van der Waals surface area contributed by atoms with Crippen LogP contribution in [0.5, 0.6) is 0 Å². The Balaban J connectivity index is 2.01. The molecule has 1 aliphatic heterocycles. The summed E-state index contributed by atoms with van der Waals surface area (Å²) >= 11 is 0. The highest BCUT2D eigenvalue weighted by atomic mass is 15.1. The molecule has 0 radical (unpaired) electrons. The van der Waals surface area contributed by atoms with Gasteiger partial charge in [0.2, 0.25) is 0 Å². The Morgan fingerprint density at radius 1 is 1.27 bits per heavy atom. The van der Waals surface area contributed by atoms with Gasteiger partial charge < -0.3 is 10.2 Å². The van der Waals surface area contributed by atoms with Crippen LogP contribution in [0.2, 0.25) is 0 Å². The van der Waals surface area contributed by atoms with Gasteiger partial charge in [-0.05, 0) is 63.2 Å². The molecule has 2 heteroatoms. The van der Waals surface area contributed by atoms with Gasteiger partial charge in [0.05, 0.1) is 0 Å². The highest BCUT2D eigenvalue weighted by Crippen LogP contribution is 2.68. The largest absolute Gasteiger partial charge is 0.319 e. The van der Waals surface area contributed by atoms with Gasteiger partial charge in [-0.25, -0.2) is 0 Å². The maximum Gasteiger partial charge on any atom is 0.00128 e. The third-order valence-electron chi connectivity index (χ3n) is 4.97. The van der Waals surface area contributed by atoms with Crippen LogP contribution in [0.3, 0.4) is 0 Å². The fraction of sp³-hybridized carbons (Fsp3) is 1.00. The Bertz CT molecular complexity index is 229. The smallest absolute Gasteiger partial charge is 0.00128 e. The first kappa shape index (κ1) is 11.4. The molecule has 1 saturated heterocycles. The second-order valence-electron chi connectivity index (χ2n) is 6.32. The van der Waals surface area contributed by atoms with Crippen LogP contribution in [0.1, 0.15) is 33.1 Å². The topological polar surface area (TPSA) is 15.3 Å². The molecular formula is C13H26N2. The Hall–Kier alpha value is -0.0800. The van der Waals surface area contributed by atoms with Crippen LogP contribution in [-0.2, 0) is 0 Å². The van der Waals surface area contributed by atoms with E-state index in [-0.39, 0.29) is 0 Å². The van der Waals surface area contributed by atoms with Gasteiger partial charge >= 0.3 is 0 Å². The van der Waals surface area contributed by atoms with Crippen LogP contribution >= 0.6 is 0 Å². The average Bonchev–Trinajstić information content (AvgIpc) is 2.71. The molecule has 1 atom stereocenters. The first-order valence-corrected chi connectivity index (χ1v) is 6.35. The van der Waals surface area contributed by atoms with E-state index in [4.69, 9.17) is 0 Å². The van der Waals surface area contributed by atoms with Crippen molar-refractivity contribution >= 4 is 0 Å². The lowest BCUT2D eigenvalue weighted by molar-refractivity contribution is 0.133. The standard InChI is InChI=1S/C13H26N2/c1-12(2)9-13(12,10-14-3)11-5-7-15(4)8-6-11/h11,14H,5-10H2,1-4H3. The predicted octanol–water partition coefficient (Wildman–Crippen LogP) is 1.96. The lowest BCUT2D eigenvalue weighted by atomic mass is 9.77. The van der Waals surface area contributed by atoms with Gasteiger partial charge in [-0.2, -0.15) is 0 Å². The molecule has 0 aromatic rings. The highest BCUT2D eigenvalue weighted by molar-refractivity contribution is 5.14. The third kappa shape index (κ3) is 1.83. The molecule has 88 valence electrons. The molecule has 1 heterocycles. The van der Waals surface area contributed by atoms with Crippen LogP contribution in [0.4, 0.5) is 0 Å². The second kappa shape index (κ2) is 3.74. The first-order valence-electron chi connectivity index (χ1n) is 6.35. The Morgan fingerprint density at radius 3 is 2.20 bits per heavy atom. The van der Waals surface area contributed by atoms with E-state index in [9.17, 15) is 0 Å². The lowest BCUT2D eigenvalue weighted by Crippen LogP contribution is -2.39. The molecule has 2 nitrogen and oxygen atoms in total. The summed E-state index contributed by atoms with van der Waals surface area (Å²) in [6, 6.07) is 0. The molecule has 0 aromatic carbocycles. The van der Waals surface area contributed by atoms with Crippen molar-refractivity contribution in [2.45, 2.75) is 33.1 Å². The molecule has 1 unspecified atom stereocenters. The van der Waals surface area contributed by atoms with Gasteiger partial charge in [0.15, 0.2) is 0 Å². The molecular weight excluding hydrogens is 184 g/mol. The number of hydrogen-bond donors (Lipinski definition) is 1. The maximum absolute atomic E-state index is 3.42. The van der Waals surface area contributed by atoms with Crippen molar-refractivity contribution in [3.05, 3.63) is 0 Å². The lowest BCUT2D eigenvalue weighted by Gasteiger charge is -2.36. The molecule has 0 amide bonds. The quantitative estimate of drug-likeness (QED) is 0.766. The van der Waals surface area contributed by atoms with Crippen LogP contribution in [0.25, 0.3) is 0 Å². The van der Waals surface area contributed by atoms with Crippen LogP contribution in [0.15, 0.2) is 0 Å². The number of likely N-dealkylation sites (tertiary alicyclic amines) is 1.